The molecule has 7 nitrogen and oxygen atoms in total. The summed E-state index contributed by atoms with van der Waals surface area (Å²) in [5.41, 5.74) is 0.395. The highest BCUT2D eigenvalue weighted by Crippen LogP contribution is 2.36. The number of hydrogen-bond acceptors (Lipinski definition) is 6. The van der Waals surface area contributed by atoms with E-state index in [0.29, 0.717) is 28.1 Å². The second kappa shape index (κ2) is 9.49. The summed E-state index contributed by atoms with van der Waals surface area (Å²) in [7, 11) is -3.12. The van der Waals surface area contributed by atoms with Crippen LogP contribution in [-0.4, -0.2) is 45.6 Å². The molecule has 0 atom stereocenters. The van der Waals surface area contributed by atoms with Crippen LogP contribution in [-0.2, 0) is 14.6 Å². The minimum Gasteiger partial charge on any atom is -0.490 e. The molecule has 0 aliphatic carbocycles. The lowest BCUT2D eigenvalue weighted by atomic mass is 10.2. The van der Waals surface area contributed by atoms with Gasteiger partial charge in [0.2, 0.25) is 0 Å². The topological polar surface area (TPSA) is 105 Å². The monoisotopic (exact) mass is 418 g/mol. The molecule has 0 aliphatic rings. The van der Waals surface area contributed by atoms with E-state index in [1.165, 1.54) is 6.07 Å². The van der Waals surface area contributed by atoms with Gasteiger partial charge in [-0.1, -0.05) is 6.92 Å². The number of ether oxygens (including phenoxy) is 2. The number of carbonyl (C=O) groups is 1. The van der Waals surface area contributed by atoms with Crippen molar-refractivity contribution in [2.45, 2.75) is 13.8 Å². The molecular weight excluding hydrogens is 400 g/mol. The van der Waals surface area contributed by atoms with Crippen molar-refractivity contribution in [1.82, 2.24) is 5.32 Å². The van der Waals surface area contributed by atoms with Gasteiger partial charge in [0.15, 0.2) is 27.9 Å². The summed E-state index contributed by atoms with van der Waals surface area (Å²) in [4.78, 5) is 11.8. The fourth-order valence-corrected chi connectivity index (χ4v) is 2.97. The van der Waals surface area contributed by atoms with E-state index in [-0.39, 0.29) is 24.7 Å². The summed E-state index contributed by atoms with van der Waals surface area (Å²) in [6, 6.07) is 5.09. The third kappa shape index (κ3) is 6.37. The highest BCUT2D eigenvalue weighted by atomic mass is 79.9. The van der Waals surface area contributed by atoms with Gasteiger partial charge in [-0.15, -0.1) is 0 Å². The zero-order chi connectivity index (χ0) is 18.2. The maximum Gasteiger partial charge on any atom is 0.257 e. The van der Waals surface area contributed by atoms with Crippen LogP contribution in [0.25, 0.3) is 0 Å². The number of benzene rings is 1. The van der Waals surface area contributed by atoms with Gasteiger partial charge in [-0.05, 0) is 28.9 Å². The van der Waals surface area contributed by atoms with Gasteiger partial charge in [-0.25, -0.2) is 8.42 Å². The molecule has 0 radical (unpaired) electrons. The molecule has 0 unspecified atom stereocenters. The minimum absolute atomic E-state index is 0.0330. The summed E-state index contributed by atoms with van der Waals surface area (Å²) in [6.45, 7) is 3.45. The largest absolute Gasteiger partial charge is 0.490 e. The first-order valence-corrected chi connectivity index (χ1v) is 9.90. The Morgan fingerprint density at radius 3 is 2.62 bits per heavy atom. The van der Waals surface area contributed by atoms with Gasteiger partial charge in [-0.3, -0.25) is 4.79 Å². The van der Waals surface area contributed by atoms with E-state index in [0.717, 1.165) is 0 Å². The third-order valence-corrected chi connectivity index (χ3v) is 5.26. The van der Waals surface area contributed by atoms with Crippen molar-refractivity contribution in [2.75, 3.05) is 31.3 Å². The number of carbonyl (C=O) groups excluding carboxylic acids is 1. The number of nitrogens with zero attached hydrogens (tertiary/aromatic N) is 1. The maximum atomic E-state index is 11.8. The lowest BCUT2D eigenvalue weighted by Crippen LogP contribution is -2.33. The van der Waals surface area contributed by atoms with Gasteiger partial charge in [-0.2, -0.15) is 5.26 Å². The summed E-state index contributed by atoms with van der Waals surface area (Å²) < 4.78 is 34.1. The predicted octanol–water partition coefficient (Wildman–Crippen LogP) is 1.65. The first kappa shape index (κ1) is 20.3. The third-order valence-electron chi connectivity index (χ3n) is 2.96. The molecule has 1 rings (SSSR count). The van der Waals surface area contributed by atoms with Gasteiger partial charge in [0.1, 0.15) is 0 Å². The molecule has 0 saturated heterocycles. The molecule has 9 heteroatoms. The standard InChI is InChI=1S/C15H19BrN2O5S/c1-3-22-13-8-11(9-17)7-12(16)15(13)23-10-14(19)18-5-6-24(20,21)4-2/h7-8H,3-6,10H2,1-2H3,(H,18,19). The lowest BCUT2D eigenvalue weighted by Gasteiger charge is -2.14. The molecule has 0 aromatic heterocycles. The summed E-state index contributed by atoms with van der Waals surface area (Å²) in [5.74, 6) is 0.145. The van der Waals surface area contributed by atoms with Gasteiger partial charge in [0.25, 0.3) is 5.91 Å². The second-order valence-corrected chi connectivity index (χ2v) is 8.03. The molecule has 1 amide bonds. The smallest absolute Gasteiger partial charge is 0.257 e. The fraction of sp³-hybridized carbons (Fsp3) is 0.467. The molecule has 1 aromatic carbocycles. The summed E-state index contributed by atoms with van der Waals surface area (Å²) in [6.07, 6.45) is 0. The first-order chi connectivity index (χ1) is 11.3. The molecule has 0 saturated carbocycles. The summed E-state index contributed by atoms with van der Waals surface area (Å²) >= 11 is 3.28. The molecule has 0 aliphatic heterocycles. The van der Waals surface area contributed by atoms with E-state index in [1.807, 2.05) is 6.07 Å². The SMILES string of the molecule is CCOc1cc(C#N)cc(Br)c1OCC(=O)NCCS(=O)(=O)CC. The Morgan fingerprint density at radius 2 is 2.04 bits per heavy atom. The summed E-state index contributed by atoms with van der Waals surface area (Å²) in [5, 5.41) is 11.5. The average molecular weight is 419 g/mol. The number of hydrogen-bond donors (Lipinski definition) is 1. The number of amides is 1. The van der Waals surface area contributed by atoms with Gasteiger partial charge in [0, 0.05) is 18.4 Å². The van der Waals surface area contributed by atoms with E-state index in [9.17, 15) is 13.2 Å². The number of sulfone groups is 1. The van der Waals surface area contributed by atoms with E-state index < -0.39 is 15.7 Å². The molecule has 0 bridgehead atoms. The zero-order valence-electron chi connectivity index (χ0n) is 13.5. The quantitative estimate of drug-likeness (QED) is 0.653. The molecule has 24 heavy (non-hydrogen) atoms. The van der Waals surface area contributed by atoms with E-state index >= 15 is 0 Å². The number of halogens is 1. The molecule has 0 heterocycles. The van der Waals surface area contributed by atoms with E-state index in [1.54, 1.807) is 19.9 Å². The van der Waals surface area contributed by atoms with Crippen LogP contribution in [0, 0.1) is 11.3 Å². The van der Waals surface area contributed by atoms with Gasteiger partial charge in [0.05, 0.1) is 28.5 Å². The van der Waals surface area contributed by atoms with Crippen molar-refractivity contribution in [3.8, 4) is 17.6 Å². The van der Waals surface area contributed by atoms with Crippen LogP contribution in [0.5, 0.6) is 11.5 Å². The molecule has 1 N–H and O–H groups in total. The Labute approximate surface area is 150 Å². The predicted molar refractivity (Wildman–Crippen MR) is 92.9 cm³/mol. The number of nitrogens with one attached hydrogen (secondary N) is 1. The Morgan fingerprint density at radius 1 is 1.33 bits per heavy atom. The van der Waals surface area contributed by atoms with Gasteiger partial charge < -0.3 is 14.8 Å². The van der Waals surface area contributed by atoms with E-state index in [4.69, 9.17) is 14.7 Å². The van der Waals surface area contributed by atoms with Crippen LogP contribution in [0.2, 0.25) is 0 Å². The van der Waals surface area contributed by atoms with Crippen LogP contribution < -0.4 is 14.8 Å². The number of nitriles is 1. The van der Waals surface area contributed by atoms with Crippen LogP contribution in [0.15, 0.2) is 16.6 Å². The van der Waals surface area contributed by atoms with E-state index in [2.05, 4.69) is 21.2 Å². The lowest BCUT2D eigenvalue weighted by molar-refractivity contribution is -0.123. The molecule has 0 spiro atoms. The fourth-order valence-electron chi connectivity index (χ4n) is 1.71. The van der Waals surface area contributed by atoms with Crippen LogP contribution in [0.4, 0.5) is 0 Å². The normalized spacial score (nSPS) is 10.8. The van der Waals surface area contributed by atoms with Gasteiger partial charge >= 0.3 is 0 Å². The number of rotatable bonds is 9. The highest BCUT2D eigenvalue weighted by molar-refractivity contribution is 9.10. The first-order valence-electron chi connectivity index (χ1n) is 7.29. The molecule has 1 aromatic rings. The highest BCUT2D eigenvalue weighted by Gasteiger charge is 2.14. The van der Waals surface area contributed by atoms with Crippen molar-refractivity contribution in [2.24, 2.45) is 0 Å². The van der Waals surface area contributed by atoms with Crippen molar-refractivity contribution >= 4 is 31.7 Å². The maximum absolute atomic E-state index is 11.8. The zero-order valence-corrected chi connectivity index (χ0v) is 15.9. The van der Waals surface area contributed by atoms with Crippen LogP contribution in [0.3, 0.4) is 0 Å². The molecule has 132 valence electrons. The molecular formula is C15H19BrN2O5S. The van der Waals surface area contributed by atoms with Crippen molar-refractivity contribution in [1.29, 1.82) is 5.26 Å². The van der Waals surface area contributed by atoms with Crippen molar-refractivity contribution in [3.05, 3.63) is 22.2 Å². The Kier molecular flexibility index (Phi) is 8.01. The van der Waals surface area contributed by atoms with Crippen molar-refractivity contribution in [3.63, 3.8) is 0 Å². The average Bonchev–Trinajstić information content (AvgIpc) is 2.53. The Hall–Kier alpha value is -1.79. The molecule has 0 fully saturated rings. The van der Waals surface area contributed by atoms with Crippen LogP contribution in [0.1, 0.15) is 19.4 Å². The van der Waals surface area contributed by atoms with Crippen LogP contribution >= 0.6 is 15.9 Å². The van der Waals surface area contributed by atoms with Crippen molar-refractivity contribution < 1.29 is 22.7 Å². The Balaban J connectivity index is 2.66. The second-order valence-electron chi connectivity index (χ2n) is 4.71. The minimum atomic E-state index is -3.12. The Bertz CT molecular complexity index is 728.